The average molecular weight is 143 g/mol. The molecule has 0 saturated carbocycles. The largest absolute Gasteiger partial charge is 0.343 e. The van der Waals surface area contributed by atoms with Crippen molar-refractivity contribution < 1.29 is 4.79 Å². The first kappa shape index (κ1) is 7.50. The lowest BCUT2D eigenvalue weighted by Crippen LogP contribution is -2.41. The summed E-state index contributed by atoms with van der Waals surface area (Å²) >= 11 is 0. The second kappa shape index (κ2) is 4.24. The minimum atomic E-state index is 0.160. The van der Waals surface area contributed by atoms with Crippen molar-refractivity contribution in [3.05, 3.63) is 0 Å². The third-order valence-corrected chi connectivity index (χ3v) is 1.57. The minimum Gasteiger partial charge on any atom is -0.343 e. The molecule has 1 aliphatic heterocycles. The highest BCUT2D eigenvalue weighted by atomic mass is 16.1. The first-order valence-corrected chi connectivity index (χ1v) is 3.57. The molecule has 0 aromatic heterocycles. The highest BCUT2D eigenvalue weighted by Gasteiger charge is 2.07. The van der Waals surface area contributed by atoms with Crippen molar-refractivity contribution in [2.45, 2.75) is 12.6 Å². The fourth-order valence-corrected chi connectivity index (χ4v) is 1.03. The van der Waals surface area contributed by atoms with Crippen LogP contribution in [0.15, 0.2) is 0 Å². The van der Waals surface area contributed by atoms with E-state index >= 15 is 0 Å². The maximum atomic E-state index is 10.0. The van der Waals surface area contributed by atoms with Gasteiger partial charge >= 0.3 is 0 Å². The smallest absolute Gasteiger partial charge is 0.208 e. The number of nitrogens with one attached hydrogen (secondary N) is 3. The first-order valence-electron chi connectivity index (χ1n) is 3.57. The van der Waals surface area contributed by atoms with E-state index in [-0.39, 0.29) is 6.17 Å². The van der Waals surface area contributed by atoms with E-state index in [9.17, 15) is 4.79 Å². The zero-order chi connectivity index (χ0) is 7.23. The molecule has 10 heavy (non-hydrogen) atoms. The van der Waals surface area contributed by atoms with Gasteiger partial charge in [0.25, 0.3) is 0 Å². The van der Waals surface area contributed by atoms with Gasteiger partial charge in [-0.05, 0) is 13.0 Å². The Hall–Kier alpha value is -0.610. The molecule has 1 unspecified atom stereocenters. The summed E-state index contributed by atoms with van der Waals surface area (Å²) in [6, 6.07) is 0. The van der Waals surface area contributed by atoms with Crippen LogP contribution in [0.3, 0.4) is 0 Å². The van der Waals surface area contributed by atoms with Gasteiger partial charge in [-0.1, -0.05) is 0 Å². The molecule has 0 aliphatic carbocycles. The van der Waals surface area contributed by atoms with Gasteiger partial charge in [0.05, 0.1) is 6.17 Å². The predicted octanol–water partition coefficient (Wildman–Crippen LogP) is -1.36. The number of amides is 1. The summed E-state index contributed by atoms with van der Waals surface area (Å²) in [4.78, 5) is 10.0. The lowest BCUT2D eigenvalue weighted by molar-refractivity contribution is -0.110. The van der Waals surface area contributed by atoms with E-state index in [0.29, 0.717) is 0 Å². The van der Waals surface area contributed by atoms with Gasteiger partial charge in [-0.15, -0.1) is 0 Å². The van der Waals surface area contributed by atoms with Crippen LogP contribution < -0.4 is 16.0 Å². The molecule has 0 spiro atoms. The second-order valence-corrected chi connectivity index (χ2v) is 2.33. The van der Waals surface area contributed by atoms with E-state index in [1.165, 1.54) is 0 Å². The van der Waals surface area contributed by atoms with Gasteiger partial charge in [0.2, 0.25) is 6.41 Å². The van der Waals surface area contributed by atoms with Crippen molar-refractivity contribution in [3.8, 4) is 0 Å². The van der Waals surface area contributed by atoms with E-state index in [4.69, 9.17) is 0 Å². The molecule has 1 aliphatic rings. The topological polar surface area (TPSA) is 53.2 Å². The van der Waals surface area contributed by atoms with Crippen molar-refractivity contribution in [2.75, 3.05) is 19.6 Å². The molecule has 1 rings (SSSR count). The average Bonchev–Trinajstić information content (AvgIpc) is 2.17. The van der Waals surface area contributed by atoms with Crippen LogP contribution in [0.5, 0.6) is 0 Å². The molecule has 58 valence electrons. The van der Waals surface area contributed by atoms with E-state index in [1.54, 1.807) is 0 Å². The molecule has 4 nitrogen and oxygen atoms in total. The number of hydrogen-bond acceptors (Lipinski definition) is 3. The molecule has 1 atom stereocenters. The predicted molar refractivity (Wildman–Crippen MR) is 38.5 cm³/mol. The van der Waals surface area contributed by atoms with Crippen molar-refractivity contribution in [1.29, 1.82) is 0 Å². The van der Waals surface area contributed by atoms with Gasteiger partial charge in [-0.2, -0.15) is 0 Å². The second-order valence-electron chi connectivity index (χ2n) is 2.33. The summed E-state index contributed by atoms with van der Waals surface area (Å²) < 4.78 is 0. The molecule has 3 N–H and O–H groups in total. The van der Waals surface area contributed by atoms with Crippen molar-refractivity contribution >= 4 is 6.41 Å². The van der Waals surface area contributed by atoms with Crippen molar-refractivity contribution in [1.82, 2.24) is 16.0 Å². The molecule has 4 heteroatoms. The maximum Gasteiger partial charge on any atom is 0.208 e. The van der Waals surface area contributed by atoms with Crippen molar-refractivity contribution in [3.63, 3.8) is 0 Å². The summed E-state index contributed by atoms with van der Waals surface area (Å²) in [5, 5.41) is 9.09. The molecule has 1 saturated heterocycles. The Balaban J connectivity index is 2.21. The Bertz CT molecular complexity index is 99.2. The Morgan fingerprint density at radius 2 is 2.30 bits per heavy atom. The molecular weight excluding hydrogens is 130 g/mol. The zero-order valence-corrected chi connectivity index (χ0v) is 5.89. The highest BCUT2D eigenvalue weighted by Crippen LogP contribution is 1.87. The lowest BCUT2D eigenvalue weighted by Gasteiger charge is -2.12. The van der Waals surface area contributed by atoms with E-state index in [0.717, 1.165) is 32.5 Å². The van der Waals surface area contributed by atoms with Crippen LogP contribution in [-0.4, -0.2) is 32.2 Å². The maximum absolute atomic E-state index is 10.0. The quantitative estimate of drug-likeness (QED) is 0.418. The van der Waals surface area contributed by atoms with Crippen LogP contribution in [0.1, 0.15) is 6.42 Å². The Morgan fingerprint density at radius 1 is 1.40 bits per heavy atom. The van der Waals surface area contributed by atoms with Gasteiger partial charge in [-0.25, -0.2) is 0 Å². The molecule has 0 radical (unpaired) electrons. The van der Waals surface area contributed by atoms with E-state index < -0.39 is 0 Å². The fourth-order valence-electron chi connectivity index (χ4n) is 1.03. The Labute approximate surface area is 60.4 Å². The van der Waals surface area contributed by atoms with Crippen LogP contribution >= 0.6 is 0 Å². The monoisotopic (exact) mass is 143 g/mol. The molecule has 1 fully saturated rings. The van der Waals surface area contributed by atoms with Gasteiger partial charge in [0.15, 0.2) is 0 Å². The number of carbonyl (C=O) groups excluding carboxylic acids is 1. The summed E-state index contributed by atoms with van der Waals surface area (Å²) in [5.41, 5.74) is 0. The van der Waals surface area contributed by atoms with Crippen LogP contribution in [-0.2, 0) is 4.79 Å². The van der Waals surface area contributed by atoms with Crippen LogP contribution in [0.2, 0.25) is 0 Å². The zero-order valence-electron chi connectivity index (χ0n) is 5.89. The fraction of sp³-hybridized carbons (Fsp3) is 0.833. The van der Waals surface area contributed by atoms with Crippen LogP contribution in [0, 0.1) is 0 Å². The number of hydrogen-bond donors (Lipinski definition) is 3. The van der Waals surface area contributed by atoms with Crippen LogP contribution in [0.25, 0.3) is 0 Å². The SMILES string of the molecule is O=CNC1CCNCCN1. The number of carbonyl (C=O) groups is 1. The summed E-state index contributed by atoms with van der Waals surface area (Å²) in [6.07, 6.45) is 1.86. The molecule has 0 aromatic carbocycles. The standard InChI is InChI=1S/C6H13N3O/c10-5-9-6-1-2-7-3-4-8-6/h5-8H,1-4H2,(H,9,10). The molecule has 0 aromatic rings. The normalized spacial score (nSPS) is 27.0. The Kier molecular flexibility index (Phi) is 3.18. The highest BCUT2D eigenvalue weighted by molar-refractivity contribution is 5.46. The molecule has 1 amide bonds. The van der Waals surface area contributed by atoms with Gasteiger partial charge in [0, 0.05) is 13.1 Å². The minimum absolute atomic E-state index is 0.160. The van der Waals surface area contributed by atoms with Gasteiger partial charge in [0.1, 0.15) is 0 Å². The summed E-state index contributed by atoms with van der Waals surface area (Å²) in [5.74, 6) is 0. The number of rotatable bonds is 2. The first-order chi connectivity index (χ1) is 4.93. The van der Waals surface area contributed by atoms with E-state index in [2.05, 4.69) is 16.0 Å². The Morgan fingerprint density at radius 3 is 3.10 bits per heavy atom. The van der Waals surface area contributed by atoms with Crippen molar-refractivity contribution in [2.24, 2.45) is 0 Å². The van der Waals surface area contributed by atoms with Crippen LogP contribution in [0.4, 0.5) is 0 Å². The third kappa shape index (κ3) is 2.33. The lowest BCUT2D eigenvalue weighted by atomic mass is 10.3. The summed E-state index contributed by atoms with van der Waals surface area (Å²) in [7, 11) is 0. The molecular formula is C6H13N3O. The van der Waals surface area contributed by atoms with Gasteiger partial charge < -0.3 is 10.6 Å². The summed E-state index contributed by atoms with van der Waals surface area (Å²) in [6.45, 7) is 2.88. The van der Waals surface area contributed by atoms with E-state index in [1.807, 2.05) is 0 Å². The molecule has 1 heterocycles. The third-order valence-electron chi connectivity index (χ3n) is 1.57. The van der Waals surface area contributed by atoms with Gasteiger partial charge in [-0.3, -0.25) is 10.1 Å². The molecule has 0 bridgehead atoms.